The van der Waals surface area contributed by atoms with Gasteiger partial charge in [0, 0.05) is 43.5 Å². The van der Waals surface area contributed by atoms with Gasteiger partial charge in [0.2, 0.25) is 0 Å². The summed E-state index contributed by atoms with van der Waals surface area (Å²) >= 11 is 1.90. The minimum atomic E-state index is 0.764. The number of rotatable bonds is 5. The fourth-order valence-corrected chi connectivity index (χ4v) is 3.98. The second-order valence-corrected chi connectivity index (χ2v) is 7.25. The first kappa shape index (κ1) is 13.4. The van der Waals surface area contributed by atoms with Gasteiger partial charge in [-0.25, -0.2) is 4.98 Å². The molecule has 1 N–H and O–H groups in total. The van der Waals surface area contributed by atoms with E-state index in [-0.39, 0.29) is 0 Å². The molecule has 1 aromatic heterocycles. The lowest BCUT2D eigenvalue weighted by atomic mass is 10.1. The van der Waals surface area contributed by atoms with Gasteiger partial charge in [-0.1, -0.05) is 30.3 Å². The van der Waals surface area contributed by atoms with Crippen molar-refractivity contribution in [2.75, 3.05) is 6.54 Å². The number of fused-ring (bicyclic) bond motifs is 1. The van der Waals surface area contributed by atoms with Gasteiger partial charge in [0.1, 0.15) is 5.01 Å². The molecular weight excluding hydrogens is 278 g/mol. The SMILES string of the molecule is c1ccc(CN2CCc3nc(CNC4CC4)sc3C2)cc1. The molecule has 1 aliphatic carbocycles. The highest BCUT2D eigenvalue weighted by molar-refractivity contribution is 7.11. The first-order valence-corrected chi connectivity index (χ1v) is 8.65. The van der Waals surface area contributed by atoms with E-state index < -0.39 is 0 Å². The molecule has 0 bridgehead atoms. The summed E-state index contributed by atoms with van der Waals surface area (Å²) in [7, 11) is 0. The Labute approximate surface area is 130 Å². The third kappa shape index (κ3) is 3.34. The second kappa shape index (κ2) is 5.87. The number of hydrogen-bond acceptors (Lipinski definition) is 4. The Morgan fingerprint density at radius 1 is 1.24 bits per heavy atom. The van der Waals surface area contributed by atoms with E-state index in [9.17, 15) is 0 Å². The Morgan fingerprint density at radius 2 is 2.10 bits per heavy atom. The van der Waals surface area contributed by atoms with Crippen LogP contribution in [0.1, 0.15) is 34.0 Å². The van der Waals surface area contributed by atoms with Crippen LogP contribution in [0.5, 0.6) is 0 Å². The highest BCUT2D eigenvalue weighted by atomic mass is 32.1. The van der Waals surface area contributed by atoms with E-state index in [1.807, 2.05) is 11.3 Å². The van der Waals surface area contributed by atoms with Gasteiger partial charge in [-0.05, 0) is 18.4 Å². The van der Waals surface area contributed by atoms with E-state index in [0.717, 1.165) is 38.6 Å². The van der Waals surface area contributed by atoms with E-state index in [0.29, 0.717) is 0 Å². The van der Waals surface area contributed by atoms with Crippen molar-refractivity contribution < 1.29 is 0 Å². The molecule has 110 valence electrons. The van der Waals surface area contributed by atoms with Crippen LogP contribution in [-0.4, -0.2) is 22.5 Å². The summed E-state index contributed by atoms with van der Waals surface area (Å²) in [4.78, 5) is 8.83. The van der Waals surface area contributed by atoms with E-state index >= 15 is 0 Å². The standard InChI is InChI=1S/C17H21N3S/c1-2-4-13(5-3-1)11-20-9-8-15-16(12-20)21-17(19-15)10-18-14-6-7-14/h1-5,14,18H,6-12H2. The zero-order chi connectivity index (χ0) is 14.1. The van der Waals surface area contributed by atoms with Crippen molar-refractivity contribution in [1.82, 2.24) is 15.2 Å². The lowest BCUT2D eigenvalue weighted by Crippen LogP contribution is -2.29. The van der Waals surface area contributed by atoms with Crippen LogP contribution in [0.25, 0.3) is 0 Å². The maximum absolute atomic E-state index is 4.82. The summed E-state index contributed by atoms with van der Waals surface area (Å²) in [6, 6.07) is 11.5. The lowest BCUT2D eigenvalue weighted by Gasteiger charge is -2.25. The Balaban J connectivity index is 1.39. The molecule has 4 heteroatoms. The van der Waals surface area contributed by atoms with Crippen LogP contribution in [0.2, 0.25) is 0 Å². The molecule has 1 saturated carbocycles. The van der Waals surface area contributed by atoms with Crippen molar-refractivity contribution in [1.29, 1.82) is 0 Å². The van der Waals surface area contributed by atoms with E-state index in [1.165, 1.54) is 34.0 Å². The predicted octanol–water partition coefficient (Wildman–Crippen LogP) is 2.95. The number of nitrogens with zero attached hydrogens (tertiary/aromatic N) is 2. The van der Waals surface area contributed by atoms with Crippen LogP contribution in [0, 0.1) is 0 Å². The third-order valence-electron chi connectivity index (χ3n) is 4.22. The van der Waals surface area contributed by atoms with Crippen LogP contribution in [0.15, 0.2) is 30.3 Å². The highest BCUT2D eigenvalue weighted by Gasteiger charge is 2.23. The van der Waals surface area contributed by atoms with E-state index in [1.54, 1.807) is 0 Å². The molecule has 0 amide bonds. The van der Waals surface area contributed by atoms with Gasteiger partial charge < -0.3 is 5.32 Å². The maximum Gasteiger partial charge on any atom is 0.107 e. The Hall–Kier alpha value is -1.23. The Morgan fingerprint density at radius 3 is 2.90 bits per heavy atom. The molecule has 1 fully saturated rings. The summed E-state index contributed by atoms with van der Waals surface area (Å²) in [5.74, 6) is 0. The minimum Gasteiger partial charge on any atom is -0.308 e. The largest absolute Gasteiger partial charge is 0.308 e. The molecule has 2 aromatic rings. The van der Waals surface area contributed by atoms with E-state index in [4.69, 9.17) is 4.98 Å². The quantitative estimate of drug-likeness (QED) is 0.920. The van der Waals surface area contributed by atoms with Crippen LogP contribution in [0.3, 0.4) is 0 Å². The molecule has 4 rings (SSSR count). The fraction of sp³-hybridized carbons (Fsp3) is 0.471. The molecule has 0 atom stereocenters. The van der Waals surface area contributed by atoms with Gasteiger partial charge in [0.05, 0.1) is 5.69 Å². The number of benzene rings is 1. The van der Waals surface area contributed by atoms with Gasteiger partial charge in [-0.2, -0.15) is 0 Å². The number of thiazole rings is 1. The third-order valence-corrected chi connectivity index (χ3v) is 5.31. The summed E-state index contributed by atoms with van der Waals surface area (Å²) < 4.78 is 0. The van der Waals surface area contributed by atoms with Gasteiger partial charge in [-0.15, -0.1) is 11.3 Å². The normalized spacial score (nSPS) is 18.7. The second-order valence-electron chi connectivity index (χ2n) is 6.08. The molecule has 2 heterocycles. The predicted molar refractivity (Wildman–Crippen MR) is 86.2 cm³/mol. The number of nitrogens with one attached hydrogen (secondary N) is 1. The molecule has 0 unspecified atom stereocenters. The first-order valence-electron chi connectivity index (χ1n) is 7.84. The van der Waals surface area contributed by atoms with Crippen molar-refractivity contribution in [3.63, 3.8) is 0 Å². The summed E-state index contributed by atoms with van der Waals surface area (Å²) in [5, 5.41) is 4.84. The van der Waals surface area contributed by atoms with Crippen molar-refractivity contribution in [2.45, 2.75) is 44.9 Å². The molecule has 0 radical (unpaired) electrons. The van der Waals surface area contributed by atoms with Crippen LogP contribution >= 0.6 is 11.3 Å². The average Bonchev–Trinajstić information content (AvgIpc) is 3.25. The summed E-state index contributed by atoms with van der Waals surface area (Å²) in [6.07, 6.45) is 3.79. The lowest BCUT2D eigenvalue weighted by molar-refractivity contribution is 0.247. The molecule has 0 saturated heterocycles. The molecular formula is C17H21N3S. The van der Waals surface area contributed by atoms with Gasteiger partial charge in [0.25, 0.3) is 0 Å². The fourth-order valence-electron chi connectivity index (χ4n) is 2.87. The molecule has 2 aliphatic rings. The van der Waals surface area contributed by atoms with Crippen molar-refractivity contribution in [3.05, 3.63) is 51.5 Å². The van der Waals surface area contributed by atoms with E-state index in [2.05, 4.69) is 40.5 Å². The minimum absolute atomic E-state index is 0.764. The monoisotopic (exact) mass is 299 g/mol. The first-order chi connectivity index (χ1) is 10.4. The van der Waals surface area contributed by atoms with Gasteiger partial charge in [-0.3, -0.25) is 4.90 Å². The van der Waals surface area contributed by atoms with Crippen LogP contribution < -0.4 is 5.32 Å². The maximum atomic E-state index is 4.82. The molecule has 0 spiro atoms. The Bertz CT molecular complexity index is 604. The van der Waals surface area contributed by atoms with Gasteiger partial charge in [0.15, 0.2) is 0 Å². The molecule has 3 nitrogen and oxygen atoms in total. The molecule has 1 aromatic carbocycles. The highest BCUT2D eigenvalue weighted by Crippen LogP contribution is 2.27. The molecule has 1 aliphatic heterocycles. The van der Waals surface area contributed by atoms with Crippen LogP contribution in [0.4, 0.5) is 0 Å². The zero-order valence-electron chi connectivity index (χ0n) is 12.2. The van der Waals surface area contributed by atoms with Gasteiger partial charge >= 0.3 is 0 Å². The summed E-state index contributed by atoms with van der Waals surface area (Å²) in [5.41, 5.74) is 2.75. The molecule has 21 heavy (non-hydrogen) atoms. The van der Waals surface area contributed by atoms with Crippen molar-refractivity contribution >= 4 is 11.3 Å². The topological polar surface area (TPSA) is 28.2 Å². The smallest absolute Gasteiger partial charge is 0.107 e. The van der Waals surface area contributed by atoms with Crippen molar-refractivity contribution in [2.24, 2.45) is 0 Å². The van der Waals surface area contributed by atoms with Crippen molar-refractivity contribution in [3.8, 4) is 0 Å². The summed E-state index contributed by atoms with van der Waals surface area (Å²) in [6.45, 7) is 4.20. The van der Waals surface area contributed by atoms with Crippen LogP contribution in [-0.2, 0) is 26.1 Å². The average molecular weight is 299 g/mol. The number of aromatic nitrogens is 1. The Kier molecular flexibility index (Phi) is 3.76. The number of hydrogen-bond donors (Lipinski definition) is 1. The zero-order valence-corrected chi connectivity index (χ0v) is 13.0.